The second kappa shape index (κ2) is 9.57. The van der Waals surface area contributed by atoms with Gasteiger partial charge in [-0.1, -0.05) is 13.8 Å². The van der Waals surface area contributed by atoms with Crippen molar-refractivity contribution in [2.45, 2.75) is 65.1 Å². The Morgan fingerprint density at radius 1 is 1.14 bits per heavy atom. The van der Waals surface area contributed by atoms with Gasteiger partial charge in [0.05, 0.1) is 0 Å². The Hall–Kier alpha value is -2.57. The number of piperidine rings is 1. The number of carbonyl (C=O) groups is 3. The van der Waals surface area contributed by atoms with E-state index >= 15 is 0 Å². The number of aliphatic carboxylic acids is 1. The molecule has 1 aliphatic rings. The van der Waals surface area contributed by atoms with E-state index in [0.29, 0.717) is 11.3 Å². The fraction of sp³-hybridized carbons (Fsp3) is 0.571. The molecule has 7 heteroatoms. The third-order valence-electron chi connectivity index (χ3n) is 5.18. The van der Waals surface area contributed by atoms with E-state index in [1.807, 2.05) is 4.90 Å². The zero-order chi connectivity index (χ0) is 20.8. The van der Waals surface area contributed by atoms with Crippen molar-refractivity contribution < 1.29 is 24.2 Å². The number of benzene rings is 1. The Balaban J connectivity index is 1.92. The monoisotopic (exact) mass is 390 g/mol. The third kappa shape index (κ3) is 5.47. The van der Waals surface area contributed by atoms with E-state index in [-0.39, 0.29) is 30.5 Å². The molecule has 1 saturated heterocycles. The smallest absolute Gasteiger partial charge is 0.326 e. The first-order valence-corrected chi connectivity index (χ1v) is 9.78. The highest BCUT2D eigenvalue weighted by atomic mass is 16.5. The molecule has 2 rings (SSSR count). The lowest BCUT2D eigenvalue weighted by Gasteiger charge is -2.38. The molecule has 1 fully saturated rings. The standard InChI is InChI=1S/C21H30N2O5/c1-13(2)19(21(26)27)22-20(25)16-8-10-17(11-9-16)28-12-18(24)23-14(3)6-5-7-15(23)4/h8-11,13-15,19H,5-7,12H2,1-4H3,(H,22,25)(H,26,27). The number of hydrogen-bond acceptors (Lipinski definition) is 4. The second-order valence-electron chi connectivity index (χ2n) is 7.78. The van der Waals surface area contributed by atoms with Gasteiger partial charge in [0, 0.05) is 17.6 Å². The molecule has 2 N–H and O–H groups in total. The van der Waals surface area contributed by atoms with Gasteiger partial charge in [-0.2, -0.15) is 0 Å². The van der Waals surface area contributed by atoms with Crippen LogP contribution in [0.25, 0.3) is 0 Å². The molecular formula is C21H30N2O5. The van der Waals surface area contributed by atoms with Crippen molar-refractivity contribution >= 4 is 17.8 Å². The number of carboxylic acids is 1. The zero-order valence-electron chi connectivity index (χ0n) is 17.0. The van der Waals surface area contributed by atoms with E-state index in [2.05, 4.69) is 19.2 Å². The molecule has 0 aromatic heterocycles. The zero-order valence-corrected chi connectivity index (χ0v) is 17.0. The van der Waals surface area contributed by atoms with Crippen LogP contribution in [-0.4, -0.2) is 52.5 Å². The number of amides is 2. The molecule has 154 valence electrons. The largest absolute Gasteiger partial charge is 0.484 e. The van der Waals surface area contributed by atoms with Crippen LogP contribution in [0.3, 0.4) is 0 Å². The van der Waals surface area contributed by atoms with Gasteiger partial charge in [-0.05, 0) is 63.3 Å². The molecule has 0 radical (unpaired) electrons. The van der Waals surface area contributed by atoms with Crippen LogP contribution in [0.2, 0.25) is 0 Å². The number of nitrogens with zero attached hydrogens (tertiary/aromatic N) is 1. The van der Waals surface area contributed by atoms with Gasteiger partial charge >= 0.3 is 5.97 Å². The minimum atomic E-state index is -1.07. The van der Waals surface area contributed by atoms with E-state index in [9.17, 15) is 19.5 Å². The summed E-state index contributed by atoms with van der Waals surface area (Å²) in [5.41, 5.74) is 0.337. The molecular weight excluding hydrogens is 360 g/mol. The number of rotatable bonds is 7. The average Bonchev–Trinajstić information content (AvgIpc) is 2.64. The predicted molar refractivity (Wildman–Crippen MR) is 105 cm³/mol. The van der Waals surface area contributed by atoms with Gasteiger partial charge in [0.1, 0.15) is 11.8 Å². The van der Waals surface area contributed by atoms with E-state index in [1.165, 1.54) is 0 Å². The highest BCUT2D eigenvalue weighted by Gasteiger charge is 2.29. The highest BCUT2D eigenvalue weighted by Crippen LogP contribution is 2.23. The normalized spacial score (nSPS) is 20.5. The predicted octanol–water partition coefficient (Wildman–Crippen LogP) is 2.69. The minimum absolute atomic E-state index is 0.0391. The molecule has 0 bridgehead atoms. The van der Waals surface area contributed by atoms with Crippen molar-refractivity contribution in [3.8, 4) is 5.75 Å². The van der Waals surface area contributed by atoms with E-state index in [1.54, 1.807) is 38.1 Å². The second-order valence-corrected chi connectivity index (χ2v) is 7.78. The van der Waals surface area contributed by atoms with Crippen LogP contribution < -0.4 is 10.1 Å². The fourth-order valence-electron chi connectivity index (χ4n) is 3.57. The van der Waals surface area contributed by atoms with Gasteiger partial charge in [-0.3, -0.25) is 9.59 Å². The lowest BCUT2D eigenvalue weighted by molar-refractivity contribution is -0.140. The Morgan fingerprint density at radius 3 is 2.21 bits per heavy atom. The SMILES string of the molecule is CC(C)C(NC(=O)c1ccc(OCC(=O)N2C(C)CCCC2C)cc1)C(=O)O. The van der Waals surface area contributed by atoms with E-state index < -0.39 is 17.9 Å². The van der Waals surface area contributed by atoms with Crippen molar-refractivity contribution in [3.05, 3.63) is 29.8 Å². The average molecular weight is 390 g/mol. The number of carbonyl (C=O) groups excluding carboxylic acids is 2. The van der Waals surface area contributed by atoms with Gasteiger partial charge in [-0.25, -0.2) is 4.79 Å². The molecule has 7 nitrogen and oxygen atoms in total. The summed E-state index contributed by atoms with van der Waals surface area (Å²) in [4.78, 5) is 37.9. The Kier molecular flexibility index (Phi) is 7.43. The van der Waals surface area contributed by atoms with Gasteiger partial charge in [-0.15, -0.1) is 0 Å². The molecule has 28 heavy (non-hydrogen) atoms. The van der Waals surface area contributed by atoms with Crippen LogP contribution in [-0.2, 0) is 9.59 Å². The lowest BCUT2D eigenvalue weighted by atomic mass is 9.97. The van der Waals surface area contributed by atoms with Crippen molar-refractivity contribution in [3.63, 3.8) is 0 Å². The van der Waals surface area contributed by atoms with Crippen LogP contribution in [0.5, 0.6) is 5.75 Å². The van der Waals surface area contributed by atoms with Gasteiger partial charge in [0.15, 0.2) is 6.61 Å². The van der Waals surface area contributed by atoms with Crippen LogP contribution >= 0.6 is 0 Å². The van der Waals surface area contributed by atoms with Crippen LogP contribution in [0.1, 0.15) is 57.3 Å². The maximum Gasteiger partial charge on any atom is 0.326 e. The van der Waals surface area contributed by atoms with Crippen molar-refractivity contribution in [1.29, 1.82) is 0 Å². The summed E-state index contributed by atoms with van der Waals surface area (Å²) in [5, 5.41) is 11.7. The number of carboxylic acid groups (broad SMARTS) is 1. The van der Waals surface area contributed by atoms with Crippen molar-refractivity contribution in [2.24, 2.45) is 5.92 Å². The van der Waals surface area contributed by atoms with Crippen LogP contribution in [0.15, 0.2) is 24.3 Å². The molecule has 2 amide bonds. The Bertz CT molecular complexity index is 691. The molecule has 3 unspecified atom stereocenters. The van der Waals surface area contributed by atoms with Gasteiger partial charge in [0.25, 0.3) is 11.8 Å². The Labute approximate surface area is 166 Å². The first-order valence-electron chi connectivity index (χ1n) is 9.78. The van der Waals surface area contributed by atoms with Crippen molar-refractivity contribution in [2.75, 3.05) is 6.61 Å². The molecule has 3 atom stereocenters. The summed E-state index contributed by atoms with van der Waals surface area (Å²) in [6, 6.07) is 5.81. The number of hydrogen-bond donors (Lipinski definition) is 2. The molecule has 1 aromatic carbocycles. The molecule has 0 saturated carbocycles. The number of likely N-dealkylation sites (tertiary alicyclic amines) is 1. The highest BCUT2D eigenvalue weighted by molar-refractivity contribution is 5.96. The quantitative estimate of drug-likeness (QED) is 0.746. The van der Waals surface area contributed by atoms with E-state index in [4.69, 9.17) is 4.74 Å². The van der Waals surface area contributed by atoms with Crippen LogP contribution in [0.4, 0.5) is 0 Å². The summed E-state index contributed by atoms with van der Waals surface area (Å²) in [6.07, 6.45) is 3.15. The number of ether oxygens (including phenoxy) is 1. The topological polar surface area (TPSA) is 95.9 Å². The fourth-order valence-corrected chi connectivity index (χ4v) is 3.57. The first kappa shape index (κ1) is 21.7. The van der Waals surface area contributed by atoms with Gasteiger partial charge in [0.2, 0.25) is 0 Å². The maximum atomic E-state index is 12.5. The third-order valence-corrected chi connectivity index (χ3v) is 5.18. The van der Waals surface area contributed by atoms with Gasteiger partial charge < -0.3 is 20.1 Å². The summed E-state index contributed by atoms with van der Waals surface area (Å²) in [5.74, 6) is -1.30. The maximum absolute atomic E-state index is 12.5. The minimum Gasteiger partial charge on any atom is -0.484 e. The van der Waals surface area contributed by atoms with Crippen LogP contribution in [0, 0.1) is 5.92 Å². The van der Waals surface area contributed by atoms with Crippen molar-refractivity contribution in [1.82, 2.24) is 10.2 Å². The number of nitrogens with one attached hydrogen (secondary N) is 1. The molecule has 1 aromatic rings. The molecule has 0 spiro atoms. The Morgan fingerprint density at radius 2 is 1.71 bits per heavy atom. The summed E-state index contributed by atoms with van der Waals surface area (Å²) >= 11 is 0. The first-order chi connectivity index (χ1) is 13.2. The molecule has 0 aliphatic carbocycles. The molecule has 1 aliphatic heterocycles. The summed E-state index contributed by atoms with van der Waals surface area (Å²) in [6.45, 7) is 7.54. The molecule has 1 heterocycles. The summed E-state index contributed by atoms with van der Waals surface area (Å²) in [7, 11) is 0. The lowest BCUT2D eigenvalue weighted by Crippen LogP contribution is -2.49. The summed E-state index contributed by atoms with van der Waals surface area (Å²) < 4.78 is 5.59. The van der Waals surface area contributed by atoms with E-state index in [0.717, 1.165) is 19.3 Å².